The third kappa shape index (κ3) is 13.5. The minimum Gasteiger partial charge on any atom is -0.475 e. The number of halogens is 3. The van der Waals surface area contributed by atoms with E-state index in [4.69, 9.17) is 20.5 Å². The standard InChI is InChI=1S/C22H29N5O3.C2HF3O2/c1-2-30-21(28)14-20(19-7-5-12-24-16-19)27-22(29)25-13-4-3-6-17-8-10-18(11-9-17)15-26-23;3-2(4,5)1(6)7/h5,7-12,15-16,20H,2-4,6,13-14,23H2,1H3,(H2,25,27,29);(H,6,7). The van der Waals surface area contributed by atoms with Gasteiger partial charge in [-0.05, 0) is 48.9 Å². The fourth-order valence-electron chi connectivity index (χ4n) is 2.94. The molecule has 37 heavy (non-hydrogen) atoms. The van der Waals surface area contributed by atoms with Gasteiger partial charge in [0, 0.05) is 18.9 Å². The highest BCUT2D eigenvalue weighted by Crippen LogP contribution is 2.16. The molecule has 1 aromatic carbocycles. The Morgan fingerprint density at radius 3 is 2.41 bits per heavy atom. The Bertz CT molecular complexity index is 1000. The summed E-state index contributed by atoms with van der Waals surface area (Å²) in [7, 11) is 0. The number of amides is 2. The number of nitrogens with one attached hydrogen (secondary N) is 2. The summed E-state index contributed by atoms with van der Waals surface area (Å²) in [6.07, 6.45) is 2.56. The molecular formula is C24H30F3N5O5. The number of hydrazone groups is 1. The number of carbonyl (C=O) groups excluding carboxylic acids is 2. The molecule has 0 aliphatic rings. The van der Waals surface area contributed by atoms with Gasteiger partial charge in [0.15, 0.2) is 0 Å². The summed E-state index contributed by atoms with van der Waals surface area (Å²) in [6.45, 7) is 2.59. The Kier molecular flexibility index (Phi) is 13.8. The van der Waals surface area contributed by atoms with Crippen LogP contribution in [0.2, 0.25) is 0 Å². The van der Waals surface area contributed by atoms with Crippen molar-refractivity contribution in [1.29, 1.82) is 0 Å². The van der Waals surface area contributed by atoms with Crippen LogP contribution in [-0.2, 0) is 20.7 Å². The number of benzene rings is 1. The molecular weight excluding hydrogens is 495 g/mol. The van der Waals surface area contributed by atoms with Gasteiger partial charge >= 0.3 is 24.1 Å². The van der Waals surface area contributed by atoms with Crippen molar-refractivity contribution < 1.29 is 37.4 Å². The molecule has 0 fully saturated rings. The summed E-state index contributed by atoms with van der Waals surface area (Å²) < 4.78 is 36.7. The first-order chi connectivity index (χ1) is 17.6. The van der Waals surface area contributed by atoms with E-state index in [1.807, 2.05) is 30.3 Å². The van der Waals surface area contributed by atoms with E-state index in [1.54, 1.807) is 31.6 Å². The molecule has 202 valence electrons. The Hall–Kier alpha value is -4.16. The average Bonchev–Trinajstić information content (AvgIpc) is 2.85. The van der Waals surface area contributed by atoms with Crippen LogP contribution < -0.4 is 16.5 Å². The Balaban J connectivity index is 0.000000856. The molecule has 0 saturated heterocycles. The van der Waals surface area contributed by atoms with Crippen LogP contribution in [0.4, 0.5) is 18.0 Å². The second kappa shape index (κ2) is 16.5. The van der Waals surface area contributed by atoms with Gasteiger partial charge in [-0.3, -0.25) is 9.78 Å². The summed E-state index contributed by atoms with van der Waals surface area (Å²) in [5, 5.41) is 16.3. The molecule has 1 unspecified atom stereocenters. The predicted molar refractivity (Wildman–Crippen MR) is 130 cm³/mol. The van der Waals surface area contributed by atoms with Gasteiger partial charge < -0.3 is 26.3 Å². The number of hydrogen-bond donors (Lipinski definition) is 4. The molecule has 0 bridgehead atoms. The number of aliphatic carboxylic acids is 1. The minimum atomic E-state index is -5.08. The zero-order chi connectivity index (χ0) is 27.7. The van der Waals surface area contributed by atoms with E-state index < -0.39 is 18.2 Å². The maximum absolute atomic E-state index is 12.3. The number of rotatable bonds is 11. The van der Waals surface area contributed by atoms with Crippen LogP contribution >= 0.6 is 0 Å². The number of carboxylic acids is 1. The predicted octanol–water partition coefficient (Wildman–Crippen LogP) is 3.32. The van der Waals surface area contributed by atoms with Crippen LogP contribution in [0.25, 0.3) is 0 Å². The van der Waals surface area contributed by atoms with Crippen molar-refractivity contribution in [3.05, 3.63) is 65.5 Å². The Morgan fingerprint density at radius 1 is 1.19 bits per heavy atom. The molecule has 13 heteroatoms. The third-order valence-electron chi connectivity index (χ3n) is 4.69. The van der Waals surface area contributed by atoms with E-state index in [-0.39, 0.29) is 18.4 Å². The van der Waals surface area contributed by atoms with Crippen LogP contribution in [-0.4, -0.2) is 53.6 Å². The van der Waals surface area contributed by atoms with E-state index >= 15 is 0 Å². The number of aryl methyl sites for hydroxylation is 1. The molecule has 0 spiro atoms. The van der Waals surface area contributed by atoms with Crippen molar-refractivity contribution in [2.75, 3.05) is 13.2 Å². The van der Waals surface area contributed by atoms with Crippen LogP contribution in [0.3, 0.4) is 0 Å². The molecule has 1 atom stereocenters. The first kappa shape index (κ1) is 30.9. The van der Waals surface area contributed by atoms with Crippen LogP contribution in [0.15, 0.2) is 53.9 Å². The van der Waals surface area contributed by atoms with Crippen molar-refractivity contribution in [3.8, 4) is 0 Å². The lowest BCUT2D eigenvalue weighted by atomic mass is 10.1. The zero-order valence-electron chi connectivity index (χ0n) is 20.2. The monoisotopic (exact) mass is 525 g/mol. The number of alkyl halides is 3. The number of carbonyl (C=O) groups is 3. The number of aromatic nitrogens is 1. The van der Waals surface area contributed by atoms with Crippen molar-refractivity contribution in [3.63, 3.8) is 0 Å². The number of carboxylic acid groups (broad SMARTS) is 1. The SMILES string of the molecule is CCOC(=O)CC(NC(=O)NCCCCc1ccc(C=NN)cc1)c1cccnc1.O=C(O)C(F)(F)F. The molecule has 0 aliphatic carbocycles. The number of nitrogens with two attached hydrogens (primary N) is 1. The number of ether oxygens (including phenoxy) is 1. The fourth-order valence-corrected chi connectivity index (χ4v) is 2.94. The topological polar surface area (TPSA) is 156 Å². The van der Waals surface area contributed by atoms with Gasteiger partial charge in [0.2, 0.25) is 0 Å². The van der Waals surface area contributed by atoms with Gasteiger partial charge in [0.05, 0.1) is 25.3 Å². The van der Waals surface area contributed by atoms with Crippen molar-refractivity contribution >= 4 is 24.2 Å². The van der Waals surface area contributed by atoms with Crippen molar-refractivity contribution in [2.24, 2.45) is 10.9 Å². The fraction of sp³-hybridized carbons (Fsp3) is 0.375. The maximum Gasteiger partial charge on any atom is 0.490 e. The summed E-state index contributed by atoms with van der Waals surface area (Å²) >= 11 is 0. The normalized spacial score (nSPS) is 11.7. The van der Waals surface area contributed by atoms with Gasteiger partial charge in [0.1, 0.15) is 0 Å². The number of urea groups is 1. The number of esters is 1. The molecule has 0 aliphatic heterocycles. The molecule has 1 heterocycles. The van der Waals surface area contributed by atoms with Crippen LogP contribution in [0.1, 0.15) is 48.9 Å². The lowest BCUT2D eigenvalue weighted by Crippen LogP contribution is -2.39. The first-order valence-electron chi connectivity index (χ1n) is 11.3. The Morgan fingerprint density at radius 2 is 1.86 bits per heavy atom. The third-order valence-corrected chi connectivity index (χ3v) is 4.69. The van der Waals surface area contributed by atoms with Gasteiger partial charge in [-0.25, -0.2) is 9.59 Å². The molecule has 2 amide bonds. The summed E-state index contributed by atoms with van der Waals surface area (Å²) in [4.78, 5) is 37.1. The molecule has 1 aromatic heterocycles. The highest BCUT2D eigenvalue weighted by Gasteiger charge is 2.38. The van der Waals surface area contributed by atoms with E-state index in [0.29, 0.717) is 13.2 Å². The van der Waals surface area contributed by atoms with E-state index in [2.05, 4.69) is 20.7 Å². The number of unbranched alkanes of at least 4 members (excludes halogenated alkanes) is 1. The van der Waals surface area contributed by atoms with Gasteiger partial charge in [-0.15, -0.1) is 0 Å². The van der Waals surface area contributed by atoms with Crippen LogP contribution in [0.5, 0.6) is 0 Å². The Labute approximate surface area is 212 Å². The average molecular weight is 526 g/mol. The van der Waals surface area contributed by atoms with E-state index in [9.17, 15) is 22.8 Å². The van der Waals surface area contributed by atoms with E-state index in [1.165, 1.54) is 5.56 Å². The lowest BCUT2D eigenvalue weighted by molar-refractivity contribution is -0.192. The number of nitrogens with zero attached hydrogens (tertiary/aromatic N) is 2. The summed E-state index contributed by atoms with van der Waals surface area (Å²) in [5.74, 6) is 2.02. The van der Waals surface area contributed by atoms with Crippen molar-refractivity contribution in [1.82, 2.24) is 15.6 Å². The zero-order valence-corrected chi connectivity index (χ0v) is 20.2. The second-order valence-corrected chi connectivity index (χ2v) is 7.53. The van der Waals surface area contributed by atoms with E-state index in [0.717, 1.165) is 30.4 Å². The molecule has 0 radical (unpaired) electrons. The maximum atomic E-state index is 12.3. The quantitative estimate of drug-likeness (QED) is 0.115. The summed E-state index contributed by atoms with van der Waals surface area (Å²) in [6, 6.07) is 10.8. The second-order valence-electron chi connectivity index (χ2n) is 7.53. The summed E-state index contributed by atoms with van der Waals surface area (Å²) in [5.41, 5.74) is 2.94. The number of pyridine rings is 1. The molecule has 10 nitrogen and oxygen atoms in total. The van der Waals surface area contributed by atoms with Gasteiger partial charge in [-0.1, -0.05) is 30.3 Å². The molecule has 2 aromatic rings. The largest absolute Gasteiger partial charge is 0.490 e. The first-order valence-corrected chi connectivity index (χ1v) is 11.3. The number of hydrogen-bond acceptors (Lipinski definition) is 7. The highest BCUT2D eigenvalue weighted by molar-refractivity contribution is 5.79. The smallest absolute Gasteiger partial charge is 0.475 e. The van der Waals surface area contributed by atoms with Gasteiger partial charge in [-0.2, -0.15) is 18.3 Å². The minimum absolute atomic E-state index is 0.0534. The highest BCUT2D eigenvalue weighted by atomic mass is 19.4. The lowest BCUT2D eigenvalue weighted by Gasteiger charge is -2.18. The molecule has 2 rings (SSSR count). The van der Waals surface area contributed by atoms with Crippen molar-refractivity contribution in [2.45, 2.75) is 44.8 Å². The van der Waals surface area contributed by atoms with Crippen LogP contribution in [0, 0.1) is 0 Å². The molecule has 5 N–H and O–H groups in total. The molecule has 0 saturated carbocycles. The van der Waals surface area contributed by atoms with Gasteiger partial charge in [0.25, 0.3) is 0 Å².